The van der Waals surface area contributed by atoms with Gasteiger partial charge in [-0.15, -0.1) is 0 Å². The molecule has 3 aliphatic rings. The Kier molecular flexibility index (Phi) is 5.61. The van der Waals surface area contributed by atoms with Gasteiger partial charge in [0.25, 0.3) is 0 Å². The first-order valence-corrected chi connectivity index (χ1v) is 9.32. The van der Waals surface area contributed by atoms with Crippen molar-refractivity contribution in [1.82, 2.24) is 20.0 Å². The second-order valence-electron chi connectivity index (χ2n) is 7.36. The zero-order valence-corrected chi connectivity index (χ0v) is 14.6. The van der Waals surface area contributed by atoms with E-state index in [2.05, 4.69) is 10.2 Å². The number of piperidine rings is 1. The van der Waals surface area contributed by atoms with Crippen LogP contribution in [0.15, 0.2) is 0 Å². The molecule has 24 heavy (non-hydrogen) atoms. The highest BCUT2D eigenvalue weighted by Gasteiger charge is 2.37. The van der Waals surface area contributed by atoms with Crippen molar-refractivity contribution in [2.75, 3.05) is 39.3 Å². The van der Waals surface area contributed by atoms with Crippen molar-refractivity contribution < 1.29 is 14.7 Å². The first-order chi connectivity index (χ1) is 11.6. The number of likely N-dealkylation sites (N-methyl/N-ethyl adjacent to an activating group) is 1. The molecule has 3 rings (SSSR count). The SMILES string of the molecule is CCN(CC(=O)O)C1CC(NC(=O)N2CCN3CCCCC3C2)C1. The third-order valence-electron chi connectivity index (χ3n) is 5.83. The number of carbonyl (C=O) groups is 2. The van der Waals surface area contributed by atoms with E-state index in [1.165, 1.54) is 25.8 Å². The van der Waals surface area contributed by atoms with E-state index in [1.54, 1.807) is 0 Å². The Balaban J connectivity index is 1.41. The topological polar surface area (TPSA) is 76.1 Å². The van der Waals surface area contributed by atoms with Crippen LogP contribution in [0.25, 0.3) is 0 Å². The third-order valence-corrected chi connectivity index (χ3v) is 5.83. The molecule has 2 heterocycles. The number of urea groups is 1. The summed E-state index contributed by atoms with van der Waals surface area (Å²) in [5, 5.41) is 12.1. The highest BCUT2D eigenvalue weighted by atomic mass is 16.4. The molecule has 1 saturated carbocycles. The molecule has 1 atom stereocenters. The quantitative estimate of drug-likeness (QED) is 0.776. The average Bonchev–Trinajstić information content (AvgIpc) is 2.55. The number of amides is 2. The number of rotatable bonds is 5. The van der Waals surface area contributed by atoms with Crippen LogP contribution in [-0.2, 0) is 4.79 Å². The molecule has 7 nitrogen and oxygen atoms in total. The minimum absolute atomic E-state index is 0.0601. The minimum atomic E-state index is -0.783. The lowest BCUT2D eigenvalue weighted by Crippen LogP contribution is -2.61. The van der Waals surface area contributed by atoms with Crippen LogP contribution in [0.5, 0.6) is 0 Å². The summed E-state index contributed by atoms with van der Waals surface area (Å²) in [6.45, 7) is 6.65. The van der Waals surface area contributed by atoms with E-state index in [1.807, 2.05) is 16.7 Å². The van der Waals surface area contributed by atoms with Gasteiger partial charge < -0.3 is 15.3 Å². The van der Waals surface area contributed by atoms with E-state index in [0.717, 1.165) is 39.0 Å². The largest absolute Gasteiger partial charge is 0.480 e. The molecule has 7 heteroatoms. The van der Waals surface area contributed by atoms with Gasteiger partial charge in [-0.2, -0.15) is 0 Å². The maximum Gasteiger partial charge on any atom is 0.317 e. The van der Waals surface area contributed by atoms with Gasteiger partial charge in [-0.1, -0.05) is 13.3 Å². The van der Waals surface area contributed by atoms with E-state index >= 15 is 0 Å². The van der Waals surface area contributed by atoms with Crippen LogP contribution in [0.2, 0.25) is 0 Å². The molecule has 2 aliphatic heterocycles. The first-order valence-electron chi connectivity index (χ1n) is 9.32. The van der Waals surface area contributed by atoms with Crippen molar-refractivity contribution in [3.8, 4) is 0 Å². The monoisotopic (exact) mass is 338 g/mol. The molecule has 136 valence electrons. The Morgan fingerprint density at radius 1 is 1.21 bits per heavy atom. The van der Waals surface area contributed by atoms with E-state index in [-0.39, 0.29) is 24.7 Å². The zero-order valence-electron chi connectivity index (χ0n) is 14.6. The second-order valence-corrected chi connectivity index (χ2v) is 7.36. The Hall–Kier alpha value is -1.34. The Morgan fingerprint density at radius 3 is 2.71 bits per heavy atom. The molecule has 0 spiro atoms. The van der Waals surface area contributed by atoms with Crippen LogP contribution in [0, 0.1) is 0 Å². The number of carboxylic acids is 1. The zero-order chi connectivity index (χ0) is 17.1. The van der Waals surface area contributed by atoms with Crippen LogP contribution >= 0.6 is 0 Å². The first kappa shape index (κ1) is 17.5. The lowest BCUT2D eigenvalue weighted by molar-refractivity contribution is -0.139. The summed E-state index contributed by atoms with van der Waals surface area (Å²) < 4.78 is 0. The lowest BCUT2D eigenvalue weighted by atomic mass is 9.85. The van der Waals surface area contributed by atoms with Crippen molar-refractivity contribution in [3.63, 3.8) is 0 Å². The molecule has 0 aromatic heterocycles. The molecule has 2 amide bonds. The predicted molar refractivity (Wildman–Crippen MR) is 91.0 cm³/mol. The summed E-state index contributed by atoms with van der Waals surface area (Å²) in [5.41, 5.74) is 0. The highest BCUT2D eigenvalue weighted by Crippen LogP contribution is 2.26. The van der Waals surface area contributed by atoms with Gasteiger partial charge >= 0.3 is 12.0 Å². The molecule has 0 bridgehead atoms. The number of hydrogen-bond acceptors (Lipinski definition) is 4. The van der Waals surface area contributed by atoms with Crippen LogP contribution in [0.3, 0.4) is 0 Å². The maximum absolute atomic E-state index is 12.5. The summed E-state index contributed by atoms with van der Waals surface area (Å²) >= 11 is 0. The van der Waals surface area contributed by atoms with Crippen molar-refractivity contribution in [2.24, 2.45) is 0 Å². The fraction of sp³-hybridized carbons (Fsp3) is 0.882. The summed E-state index contributed by atoms with van der Waals surface area (Å²) in [5.74, 6) is -0.783. The summed E-state index contributed by atoms with van der Waals surface area (Å²) in [4.78, 5) is 29.8. The molecule has 1 aliphatic carbocycles. The number of piperazine rings is 1. The van der Waals surface area contributed by atoms with Crippen LogP contribution < -0.4 is 5.32 Å². The van der Waals surface area contributed by atoms with Gasteiger partial charge in [0.2, 0.25) is 0 Å². The third kappa shape index (κ3) is 4.00. The van der Waals surface area contributed by atoms with Crippen molar-refractivity contribution >= 4 is 12.0 Å². The Morgan fingerprint density at radius 2 is 2.00 bits per heavy atom. The number of aliphatic carboxylic acids is 1. The molecular weight excluding hydrogens is 308 g/mol. The van der Waals surface area contributed by atoms with Gasteiger partial charge in [0.05, 0.1) is 6.54 Å². The average molecular weight is 338 g/mol. The van der Waals surface area contributed by atoms with E-state index < -0.39 is 5.97 Å². The normalized spacial score (nSPS) is 30.6. The van der Waals surface area contributed by atoms with Gasteiger partial charge in [-0.3, -0.25) is 14.6 Å². The van der Waals surface area contributed by atoms with E-state index in [4.69, 9.17) is 5.11 Å². The molecule has 2 saturated heterocycles. The van der Waals surface area contributed by atoms with E-state index in [9.17, 15) is 9.59 Å². The Labute approximate surface area is 144 Å². The fourth-order valence-electron chi connectivity index (χ4n) is 4.28. The van der Waals surface area contributed by atoms with Crippen LogP contribution in [0.1, 0.15) is 39.0 Å². The fourth-order valence-corrected chi connectivity index (χ4v) is 4.28. The molecule has 1 unspecified atom stereocenters. The number of carboxylic acid groups (broad SMARTS) is 1. The lowest BCUT2D eigenvalue weighted by Gasteiger charge is -2.46. The second kappa shape index (κ2) is 7.70. The van der Waals surface area contributed by atoms with Crippen molar-refractivity contribution in [3.05, 3.63) is 0 Å². The van der Waals surface area contributed by atoms with Gasteiger partial charge in [-0.25, -0.2) is 4.79 Å². The van der Waals surface area contributed by atoms with Crippen LogP contribution in [0.4, 0.5) is 4.79 Å². The number of fused-ring (bicyclic) bond motifs is 1. The van der Waals surface area contributed by atoms with Gasteiger partial charge in [0.1, 0.15) is 0 Å². The number of nitrogens with zero attached hydrogens (tertiary/aromatic N) is 3. The molecule has 3 fully saturated rings. The Bertz CT molecular complexity index is 467. The smallest absolute Gasteiger partial charge is 0.317 e. The predicted octanol–water partition coefficient (Wildman–Crippen LogP) is 0.804. The van der Waals surface area contributed by atoms with Gasteiger partial charge in [0.15, 0.2) is 0 Å². The van der Waals surface area contributed by atoms with Gasteiger partial charge in [0, 0.05) is 37.8 Å². The number of hydrogen-bond donors (Lipinski definition) is 2. The minimum Gasteiger partial charge on any atom is -0.480 e. The maximum atomic E-state index is 12.5. The number of carbonyl (C=O) groups excluding carboxylic acids is 1. The molecule has 0 aromatic rings. The van der Waals surface area contributed by atoms with E-state index in [0.29, 0.717) is 6.04 Å². The summed E-state index contributed by atoms with van der Waals surface area (Å²) in [7, 11) is 0. The summed E-state index contributed by atoms with van der Waals surface area (Å²) in [6.07, 6.45) is 5.48. The molecule has 0 radical (unpaired) electrons. The molecule has 2 N–H and O–H groups in total. The molecular formula is C17H30N4O3. The molecule has 0 aromatic carbocycles. The van der Waals surface area contributed by atoms with Crippen molar-refractivity contribution in [1.29, 1.82) is 0 Å². The van der Waals surface area contributed by atoms with Gasteiger partial charge in [-0.05, 0) is 38.8 Å². The number of nitrogens with one attached hydrogen (secondary N) is 1. The summed E-state index contributed by atoms with van der Waals surface area (Å²) in [6, 6.07) is 1.07. The van der Waals surface area contributed by atoms with Crippen molar-refractivity contribution in [2.45, 2.75) is 57.2 Å². The van der Waals surface area contributed by atoms with Crippen LogP contribution in [-0.4, -0.2) is 89.2 Å². The highest BCUT2D eigenvalue weighted by molar-refractivity contribution is 5.75. The standard InChI is InChI=1S/C17H30N4O3/c1-2-19(12-16(22)23)15-9-13(10-15)18-17(24)21-8-7-20-6-4-3-5-14(20)11-21/h13-15H,2-12H2,1H3,(H,18,24)(H,22,23).